The first-order valence-electron chi connectivity index (χ1n) is 0.857. The molecule has 0 aromatic rings. The number of hydrogen-bond acceptors (Lipinski definition) is 0. The SMILES string of the molecule is [F][Mn-2]([F])([F])([F])([F])[F].[NH4+].[NH4+]. The van der Waals surface area contributed by atoms with E-state index in [2.05, 4.69) is 0 Å². The summed E-state index contributed by atoms with van der Waals surface area (Å²) in [7, 11) is 0. The topological polar surface area (TPSA) is 73.0 Å². The van der Waals surface area contributed by atoms with Crippen molar-refractivity contribution in [1.82, 2.24) is 12.3 Å². The van der Waals surface area contributed by atoms with Crippen molar-refractivity contribution in [3.8, 4) is 0 Å². The van der Waals surface area contributed by atoms with Crippen LogP contribution in [-0.2, 0) is 13.5 Å². The summed E-state index contributed by atoms with van der Waals surface area (Å²) < 4.78 is 59.3. The second-order valence-corrected chi connectivity index (χ2v) is 3.34. The van der Waals surface area contributed by atoms with Gasteiger partial charge in [0.2, 0.25) is 0 Å². The van der Waals surface area contributed by atoms with Gasteiger partial charge in [-0.15, -0.1) is 0 Å². The van der Waals surface area contributed by atoms with Gasteiger partial charge in [0.1, 0.15) is 0 Å². The quantitative estimate of drug-likeness (QED) is 0.449. The summed E-state index contributed by atoms with van der Waals surface area (Å²) in [5, 5.41) is 0. The molecular formula is H8F6MnN2. The predicted molar refractivity (Wildman–Crippen MR) is 18.6 cm³/mol. The minimum Gasteiger partial charge on any atom is -0.369 e. The van der Waals surface area contributed by atoms with Gasteiger partial charge in [-0.25, -0.2) is 0 Å². The van der Waals surface area contributed by atoms with Crippen LogP contribution in [0.4, 0.5) is 21.3 Å². The van der Waals surface area contributed by atoms with Gasteiger partial charge in [-0.1, -0.05) is 0 Å². The molecule has 0 heterocycles. The van der Waals surface area contributed by atoms with E-state index in [9.17, 15) is 21.3 Å². The zero-order valence-electron chi connectivity index (χ0n) is 4.65. The van der Waals surface area contributed by atoms with E-state index in [0.717, 1.165) is 0 Å². The number of hydrogen-bond donors (Lipinski definition) is 2. The molecule has 0 rings (SSSR count). The molecule has 0 aliphatic rings. The average molecular weight is 205 g/mol. The van der Waals surface area contributed by atoms with Crippen molar-refractivity contribution in [2.45, 2.75) is 0 Å². The van der Waals surface area contributed by atoms with Crippen molar-refractivity contribution in [3.05, 3.63) is 0 Å². The van der Waals surface area contributed by atoms with Crippen molar-refractivity contribution in [3.63, 3.8) is 0 Å². The monoisotopic (exact) mass is 205 g/mol. The van der Waals surface area contributed by atoms with Crippen LogP contribution < -0.4 is 12.3 Å². The van der Waals surface area contributed by atoms with Crippen LogP contribution in [0.5, 0.6) is 0 Å². The van der Waals surface area contributed by atoms with Gasteiger partial charge in [-0.2, -0.15) is 0 Å². The van der Waals surface area contributed by atoms with Gasteiger partial charge in [0.25, 0.3) is 0 Å². The van der Waals surface area contributed by atoms with Crippen LogP contribution in [0, 0.1) is 0 Å². The molecule has 0 unspecified atom stereocenters. The molecular weight excluding hydrogens is 197 g/mol. The summed E-state index contributed by atoms with van der Waals surface area (Å²) in [6.45, 7) is 0. The molecule has 0 aliphatic carbocycles. The fourth-order valence-electron chi connectivity index (χ4n) is 0. The molecule has 9 heavy (non-hydrogen) atoms. The summed E-state index contributed by atoms with van der Waals surface area (Å²) in [6, 6.07) is 0. The molecule has 0 radical (unpaired) electrons. The molecule has 0 spiro atoms. The molecule has 0 bridgehead atoms. The van der Waals surface area contributed by atoms with Crippen molar-refractivity contribution in [2.75, 3.05) is 0 Å². The van der Waals surface area contributed by atoms with E-state index >= 15 is 0 Å². The van der Waals surface area contributed by atoms with E-state index in [0.29, 0.717) is 0 Å². The van der Waals surface area contributed by atoms with Gasteiger partial charge >= 0.3 is 34.8 Å². The molecule has 0 aromatic heterocycles. The zero-order valence-corrected chi connectivity index (χ0v) is 5.83. The van der Waals surface area contributed by atoms with Crippen LogP contribution in [0.2, 0.25) is 0 Å². The summed E-state index contributed by atoms with van der Waals surface area (Å²) in [5.41, 5.74) is 0. The minimum absolute atomic E-state index is 0. The van der Waals surface area contributed by atoms with Crippen LogP contribution in [0.3, 0.4) is 0 Å². The smallest absolute Gasteiger partial charge is 0.369 e. The molecule has 2 nitrogen and oxygen atoms in total. The maximum atomic E-state index is 9.89. The van der Waals surface area contributed by atoms with Gasteiger partial charge in [0.05, 0.1) is 0 Å². The summed E-state index contributed by atoms with van der Waals surface area (Å²) in [6.07, 6.45) is 0. The van der Waals surface area contributed by atoms with E-state index in [4.69, 9.17) is 0 Å². The van der Waals surface area contributed by atoms with Crippen molar-refractivity contribution >= 4 is 0 Å². The number of rotatable bonds is 0. The second-order valence-electron chi connectivity index (χ2n) is 0.810. The Balaban J connectivity index is -0.000000180. The molecule has 0 saturated carbocycles. The third kappa shape index (κ3) is 766000. The normalized spacial score (nSPS) is 18.0. The summed E-state index contributed by atoms with van der Waals surface area (Å²) in [5.74, 6) is 0. The Morgan fingerprint density at radius 3 is 0.556 bits per heavy atom. The Bertz CT molecular complexity index is 69.6. The molecule has 0 saturated heterocycles. The Kier molecular flexibility index (Phi) is 3.12. The largest absolute Gasteiger partial charge is 0.369 e. The Hall–Kier alpha value is 0.0195. The summed E-state index contributed by atoms with van der Waals surface area (Å²) in [4.78, 5) is 0. The van der Waals surface area contributed by atoms with Crippen molar-refractivity contribution in [1.29, 1.82) is 0 Å². The van der Waals surface area contributed by atoms with Gasteiger partial charge in [-0.3, -0.25) is 0 Å². The third-order valence-electron chi connectivity index (χ3n) is 0. The molecule has 0 atom stereocenters. The van der Waals surface area contributed by atoms with Gasteiger partial charge in [-0.05, 0) is 0 Å². The van der Waals surface area contributed by atoms with Gasteiger partial charge in [0.15, 0.2) is 0 Å². The zero-order chi connectivity index (χ0) is 6.41. The van der Waals surface area contributed by atoms with Crippen LogP contribution in [-0.4, -0.2) is 0 Å². The van der Waals surface area contributed by atoms with Crippen LogP contribution in [0.1, 0.15) is 0 Å². The molecule has 0 aromatic carbocycles. The Morgan fingerprint density at radius 2 is 0.556 bits per heavy atom. The molecule has 0 amide bonds. The number of quaternary nitrogens is 2. The van der Waals surface area contributed by atoms with Crippen LogP contribution >= 0.6 is 0 Å². The minimum atomic E-state index is -10.9. The van der Waals surface area contributed by atoms with Crippen LogP contribution in [0.15, 0.2) is 0 Å². The fourth-order valence-corrected chi connectivity index (χ4v) is 0. The predicted octanol–water partition coefficient (Wildman–Crippen LogP) is 3.27. The van der Waals surface area contributed by atoms with E-state index in [1.165, 1.54) is 0 Å². The standard InChI is InChI=1S/6FH.Mn.2H3N/h6*1H;;2*1H3/q;;;;;;+4;;/p-4. The maximum Gasteiger partial charge on any atom is -0.369 e. The third-order valence-corrected chi connectivity index (χ3v) is 0. The molecule has 0 aliphatic heterocycles. The van der Waals surface area contributed by atoms with E-state index in [1.807, 2.05) is 0 Å². The maximum absolute atomic E-state index is 10.9. The molecule has 67 valence electrons. The first kappa shape index (κ1) is 16.0. The number of halogens is 6. The molecule has 9 heteroatoms. The first-order valence-corrected chi connectivity index (χ1v) is 3.53. The first-order chi connectivity index (χ1) is 2.45. The van der Waals surface area contributed by atoms with Gasteiger partial charge in [0, 0.05) is 0 Å². The van der Waals surface area contributed by atoms with E-state index in [-0.39, 0.29) is 12.3 Å². The van der Waals surface area contributed by atoms with E-state index < -0.39 is 13.5 Å². The molecule has 0 fully saturated rings. The average Bonchev–Trinajstić information content (AvgIpc) is 0.592. The Morgan fingerprint density at radius 1 is 0.556 bits per heavy atom. The second kappa shape index (κ2) is 1.75. The van der Waals surface area contributed by atoms with E-state index in [1.54, 1.807) is 0 Å². The van der Waals surface area contributed by atoms with Gasteiger partial charge < -0.3 is 12.3 Å². The Labute approximate surface area is 48.1 Å². The fraction of sp³-hybridized carbons (Fsp3) is 0. The van der Waals surface area contributed by atoms with Crippen molar-refractivity contribution < 1.29 is 34.8 Å². The van der Waals surface area contributed by atoms with Crippen LogP contribution in [0.25, 0.3) is 0 Å². The summed E-state index contributed by atoms with van der Waals surface area (Å²) >= 11 is -10.9. The molecule has 8 N–H and O–H groups in total. The van der Waals surface area contributed by atoms with Crippen molar-refractivity contribution in [2.24, 2.45) is 0 Å².